The van der Waals surface area contributed by atoms with Gasteiger partial charge in [-0.2, -0.15) is 0 Å². The van der Waals surface area contributed by atoms with Crippen molar-refractivity contribution in [3.05, 3.63) is 119 Å². The zero-order valence-corrected chi connectivity index (χ0v) is 22.0. The molecule has 0 aromatic heterocycles. The first-order valence-corrected chi connectivity index (χ1v) is 12.9. The van der Waals surface area contributed by atoms with E-state index in [0.29, 0.717) is 30.7 Å². The zero-order chi connectivity index (χ0) is 26.5. The number of hydrogen-bond acceptors (Lipinski definition) is 2. The molecule has 3 aromatic carbocycles. The number of halogens is 1. The predicted molar refractivity (Wildman–Crippen MR) is 152 cm³/mol. The van der Waals surface area contributed by atoms with Gasteiger partial charge in [-0.3, -0.25) is 4.79 Å². The number of carbonyl (C=O) groups excluding carboxylic acids is 1. The van der Waals surface area contributed by atoms with Gasteiger partial charge in [-0.1, -0.05) is 54.5 Å². The minimum absolute atomic E-state index is 0.0493. The van der Waals surface area contributed by atoms with Crippen LogP contribution in [0.1, 0.15) is 52.4 Å². The van der Waals surface area contributed by atoms with Crippen LogP contribution in [0.3, 0.4) is 0 Å². The van der Waals surface area contributed by atoms with Gasteiger partial charge in [0.1, 0.15) is 13.7 Å². The fourth-order valence-electron chi connectivity index (χ4n) is 5.12. The Bertz CT molecular complexity index is 1320. The van der Waals surface area contributed by atoms with Crippen molar-refractivity contribution in [1.29, 1.82) is 0 Å². The van der Waals surface area contributed by atoms with Crippen molar-refractivity contribution < 1.29 is 9.18 Å². The van der Waals surface area contributed by atoms with Crippen LogP contribution in [0.5, 0.6) is 0 Å². The predicted octanol–water partition coefficient (Wildman–Crippen LogP) is 7.04. The summed E-state index contributed by atoms with van der Waals surface area (Å²) in [5.74, 6) is 0.0421. The van der Waals surface area contributed by atoms with Gasteiger partial charge in [0.25, 0.3) is 5.91 Å². The summed E-state index contributed by atoms with van der Waals surface area (Å²) in [5.41, 5.74) is 7.49. The summed E-state index contributed by atoms with van der Waals surface area (Å²) in [6.07, 6.45) is 3.54. The van der Waals surface area contributed by atoms with Crippen LogP contribution in [0.2, 0.25) is 0 Å². The van der Waals surface area contributed by atoms with Gasteiger partial charge in [0.05, 0.1) is 0 Å². The van der Waals surface area contributed by atoms with Gasteiger partial charge in [-0.05, 0) is 86.2 Å². The smallest absolute Gasteiger partial charge is 0.253 e. The molecule has 0 bridgehead atoms. The lowest BCUT2D eigenvalue weighted by molar-refractivity contribution is 0.0701. The molecule has 188 valence electrons. The molecule has 4 rings (SSSR count). The van der Waals surface area contributed by atoms with E-state index in [-0.39, 0.29) is 17.6 Å². The zero-order valence-electron chi connectivity index (χ0n) is 22.0. The molecule has 0 spiro atoms. The van der Waals surface area contributed by atoms with Crippen LogP contribution in [-0.2, 0) is 6.54 Å². The van der Waals surface area contributed by atoms with E-state index in [4.69, 9.17) is 7.85 Å². The van der Waals surface area contributed by atoms with Crippen molar-refractivity contribution in [2.45, 2.75) is 40.2 Å². The van der Waals surface area contributed by atoms with Crippen molar-refractivity contribution in [2.24, 2.45) is 5.92 Å². The highest BCUT2D eigenvalue weighted by molar-refractivity contribution is 6.42. The number of rotatable bonds is 7. The molecule has 1 amide bonds. The molecular formula is C32H34BFN2O. The molecule has 3 aromatic rings. The Labute approximate surface area is 221 Å². The number of anilines is 1. The first-order valence-electron chi connectivity index (χ1n) is 12.9. The molecule has 0 aliphatic carbocycles. The van der Waals surface area contributed by atoms with Crippen molar-refractivity contribution in [3.8, 4) is 0 Å². The van der Waals surface area contributed by atoms with Gasteiger partial charge >= 0.3 is 0 Å². The second-order valence-electron chi connectivity index (χ2n) is 9.83. The normalized spacial score (nSPS) is 14.5. The minimum Gasteiger partial charge on any atom is -0.341 e. The second-order valence-corrected chi connectivity index (χ2v) is 9.83. The van der Waals surface area contributed by atoms with E-state index in [1.807, 2.05) is 61.2 Å². The highest BCUT2D eigenvalue weighted by Crippen LogP contribution is 2.33. The number of para-hydroxylation sites is 1. The summed E-state index contributed by atoms with van der Waals surface area (Å²) in [6.45, 7) is 12.4. The summed E-state index contributed by atoms with van der Waals surface area (Å²) in [7, 11) is 6.07. The van der Waals surface area contributed by atoms with E-state index < -0.39 is 0 Å². The monoisotopic (exact) mass is 492 g/mol. The Morgan fingerprint density at radius 1 is 1.05 bits per heavy atom. The SMILES string of the molecule is [B]/C(=C/C)c1ccc(C(=O)N2CCC(C(=C)N(Cc3cccc(F)c3)c3ccccc3C)CC2)cc1C. The molecule has 1 saturated heterocycles. The lowest BCUT2D eigenvalue weighted by Gasteiger charge is -2.38. The molecule has 0 saturated carbocycles. The van der Waals surface area contributed by atoms with Crippen LogP contribution in [0.15, 0.2) is 85.1 Å². The van der Waals surface area contributed by atoms with E-state index in [1.165, 1.54) is 6.07 Å². The third kappa shape index (κ3) is 6.04. The highest BCUT2D eigenvalue weighted by atomic mass is 19.1. The molecule has 1 aliphatic rings. The molecule has 3 nitrogen and oxygen atoms in total. The average Bonchev–Trinajstić information content (AvgIpc) is 2.91. The van der Waals surface area contributed by atoms with Crippen LogP contribution in [-0.4, -0.2) is 31.7 Å². The van der Waals surface area contributed by atoms with Crippen molar-refractivity contribution >= 4 is 24.9 Å². The maximum Gasteiger partial charge on any atom is 0.253 e. The Morgan fingerprint density at radius 2 is 1.78 bits per heavy atom. The standard InChI is InChI=1S/C32H34BFN2O/c1-5-30(33)29-14-13-27(19-23(29)3)32(37)35-17-15-26(16-18-35)24(4)36(31-12-7-6-9-22(31)2)21-25-10-8-11-28(34)20-25/h5-14,19-20,26H,4,15-18,21H2,1-3H3/b30-5+. The molecule has 0 N–H and O–H groups in total. The van der Waals surface area contributed by atoms with Crippen LogP contribution >= 0.6 is 0 Å². The fourth-order valence-corrected chi connectivity index (χ4v) is 5.12. The molecule has 37 heavy (non-hydrogen) atoms. The molecular weight excluding hydrogens is 458 g/mol. The van der Waals surface area contributed by atoms with Crippen LogP contribution < -0.4 is 4.90 Å². The molecule has 1 fully saturated rings. The maximum atomic E-state index is 13.9. The number of benzene rings is 3. The topological polar surface area (TPSA) is 23.6 Å². The van der Waals surface area contributed by atoms with Crippen molar-refractivity contribution in [1.82, 2.24) is 4.90 Å². The van der Waals surface area contributed by atoms with Crippen molar-refractivity contribution in [2.75, 3.05) is 18.0 Å². The van der Waals surface area contributed by atoms with Crippen LogP contribution in [0.25, 0.3) is 5.47 Å². The first kappa shape index (κ1) is 26.5. The van der Waals surface area contributed by atoms with Crippen molar-refractivity contribution in [3.63, 3.8) is 0 Å². The Balaban J connectivity index is 1.48. The quantitative estimate of drug-likeness (QED) is 0.330. The Kier molecular flexibility index (Phi) is 8.32. The largest absolute Gasteiger partial charge is 0.341 e. The maximum absolute atomic E-state index is 13.9. The van der Waals surface area contributed by atoms with Gasteiger partial charge in [0.15, 0.2) is 0 Å². The molecule has 1 aliphatic heterocycles. The number of nitrogens with zero attached hydrogens (tertiary/aromatic N) is 2. The molecule has 0 unspecified atom stereocenters. The van der Waals surface area contributed by atoms with Gasteiger partial charge in [-0.25, -0.2) is 4.39 Å². The van der Waals surface area contributed by atoms with Gasteiger partial charge in [0.2, 0.25) is 0 Å². The number of hydrogen-bond donors (Lipinski definition) is 0. The summed E-state index contributed by atoms with van der Waals surface area (Å²) >= 11 is 0. The lowest BCUT2D eigenvalue weighted by atomic mass is 9.85. The van der Waals surface area contributed by atoms with E-state index in [0.717, 1.165) is 46.5 Å². The number of piperidine rings is 1. The molecule has 5 heteroatoms. The van der Waals surface area contributed by atoms with E-state index in [1.54, 1.807) is 12.1 Å². The fraction of sp³-hybridized carbons (Fsp3) is 0.281. The Hall–Kier alpha value is -3.60. The summed E-state index contributed by atoms with van der Waals surface area (Å²) in [5, 5.41) is 0. The molecule has 1 heterocycles. The van der Waals surface area contributed by atoms with Crippen LogP contribution in [0.4, 0.5) is 10.1 Å². The Morgan fingerprint density at radius 3 is 2.43 bits per heavy atom. The lowest BCUT2D eigenvalue weighted by Crippen LogP contribution is -2.40. The molecule has 0 atom stereocenters. The number of aryl methyl sites for hydroxylation is 2. The van der Waals surface area contributed by atoms with Gasteiger partial charge in [0, 0.05) is 42.5 Å². The molecule has 2 radical (unpaired) electrons. The third-order valence-electron chi connectivity index (χ3n) is 7.33. The van der Waals surface area contributed by atoms with E-state index in [2.05, 4.69) is 30.5 Å². The first-order chi connectivity index (χ1) is 17.8. The second kappa shape index (κ2) is 11.6. The third-order valence-corrected chi connectivity index (χ3v) is 7.33. The van der Waals surface area contributed by atoms with Gasteiger partial charge in [-0.15, -0.1) is 0 Å². The number of allylic oxidation sites excluding steroid dienone is 2. The highest BCUT2D eigenvalue weighted by Gasteiger charge is 2.28. The number of likely N-dealkylation sites (tertiary alicyclic amines) is 1. The van der Waals surface area contributed by atoms with Gasteiger partial charge < -0.3 is 9.80 Å². The summed E-state index contributed by atoms with van der Waals surface area (Å²) in [4.78, 5) is 17.4. The average molecular weight is 492 g/mol. The van der Waals surface area contributed by atoms with E-state index >= 15 is 0 Å². The number of amides is 1. The van der Waals surface area contributed by atoms with Crippen LogP contribution in [0, 0.1) is 25.6 Å². The van der Waals surface area contributed by atoms with E-state index in [9.17, 15) is 9.18 Å². The summed E-state index contributed by atoms with van der Waals surface area (Å²) in [6, 6.07) is 20.7. The number of carbonyl (C=O) groups is 1. The summed E-state index contributed by atoms with van der Waals surface area (Å²) < 4.78 is 13.9. The minimum atomic E-state index is -0.240.